The highest BCUT2D eigenvalue weighted by atomic mass is 32.1. The smallest absolute Gasteiger partial charge is 0.0640 e. The van der Waals surface area contributed by atoms with E-state index in [9.17, 15) is 0 Å². The van der Waals surface area contributed by atoms with Crippen molar-refractivity contribution in [3.05, 3.63) is 200 Å². The van der Waals surface area contributed by atoms with Gasteiger partial charge in [0.15, 0.2) is 0 Å². The Morgan fingerprint density at radius 2 is 0.836 bits per heavy atom. The first-order valence-corrected chi connectivity index (χ1v) is 20.3. The Hall–Kier alpha value is -6.52. The molecule has 55 heavy (non-hydrogen) atoms. The van der Waals surface area contributed by atoms with Gasteiger partial charge >= 0.3 is 0 Å². The summed E-state index contributed by atoms with van der Waals surface area (Å²) < 4.78 is 5.25. The molecule has 0 saturated carbocycles. The molecular weight excluding hydrogens is 703 g/mol. The van der Waals surface area contributed by atoms with Crippen molar-refractivity contribution >= 4 is 90.9 Å². The van der Waals surface area contributed by atoms with Gasteiger partial charge in [0.1, 0.15) is 0 Å². The summed E-state index contributed by atoms with van der Waals surface area (Å²) in [6.07, 6.45) is 0. The largest absolute Gasteiger partial charge is 0.309 e. The van der Waals surface area contributed by atoms with E-state index >= 15 is 0 Å². The van der Waals surface area contributed by atoms with Crippen molar-refractivity contribution in [2.45, 2.75) is 0 Å². The maximum Gasteiger partial charge on any atom is 0.0640 e. The summed E-state index contributed by atoms with van der Waals surface area (Å²) in [6, 6.07) is 73.4. The van der Waals surface area contributed by atoms with Crippen LogP contribution in [0.4, 0.5) is 17.1 Å². The zero-order valence-electron chi connectivity index (χ0n) is 29.8. The highest BCUT2D eigenvalue weighted by Gasteiger charge is 2.19. The van der Waals surface area contributed by atoms with E-state index in [-0.39, 0.29) is 0 Å². The van der Waals surface area contributed by atoms with E-state index in [2.05, 4.69) is 205 Å². The molecule has 0 spiro atoms. The second kappa shape index (κ2) is 13.1. The average Bonchev–Trinajstić information content (AvgIpc) is 3.83. The van der Waals surface area contributed by atoms with Gasteiger partial charge in [-0.15, -0.1) is 22.7 Å². The average molecular weight is 736 g/mol. The second-order valence-corrected chi connectivity index (χ2v) is 16.2. The summed E-state index contributed by atoms with van der Waals surface area (Å²) in [7, 11) is 0. The maximum absolute atomic E-state index is 2.42. The van der Waals surface area contributed by atoms with Gasteiger partial charge in [-0.1, -0.05) is 146 Å². The fourth-order valence-electron chi connectivity index (χ4n) is 8.19. The monoisotopic (exact) mass is 735 g/mol. The number of hydrogen-bond acceptors (Lipinski definition) is 3. The number of nitrogens with zero attached hydrogens (tertiary/aromatic N) is 1. The molecule has 0 saturated heterocycles. The number of rotatable bonds is 6. The molecule has 0 amide bonds. The van der Waals surface area contributed by atoms with Gasteiger partial charge in [0.05, 0.1) is 10.4 Å². The van der Waals surface area contributed by atoms with Crippen LogP contribution in [-0.2, 0) is 0 Å². The molecule has 0 N–H and O–H groups in total. The van der Waals surface area contributed by atoms with Crippen LogP contribution in [0, 0.1) is 0 Å². The molecule has 0 bridgehead atoms. The highest BCUT2D eigenvalue weighted by Crippen LogP contribution is 2.45. The van der Waals surface area contributed by atoms with E-state index in [0.717, 1.165) is 11.4 Å². The van der Waals surface area contributed by atoms with Gasteiger partial charge in [0, 0.05) is 47.0 Å². The number of hydrogen-bond donors (Lipinski definition) is 0. The fourth-order valence-corrected chi connectivity index (χ4v) is 10.5. The van der Waals surface area contributed by atoms with E-state index in [1.165, 1.54) is 90.2 Å². The van der Waals surface area contributed by atoms with E-state index in [4.69, 9.17) is 0 Å². The first kappa shape index (κ1) is 32.0. The molecule has 0 aliphatic carbocycles. The minimum Gasteiger partial charge on any atom is -0.309 e. The van der Waals surface area contributed by atoms with E-state index in [0.29, 0.717) is 0 Å². The minimum atomic E-state index is 1.12. The van der Waals surface area contributed by atoms with Crippen molar-refractivity contribution in [2.24, 2.45) is 0 Å². The molecule has 0 aliphatic heterocycles. The molecule has 0 atom stereocenters. The molecule has 0 radical (unpaired) electrons. The topological polar surface area (TPSA) is 3.24 Å². The van der Waals surface area contributed by atoms with E-state index in [1.807, 2.05) is 22.7 Å². The third kappa shape index (κ3) is 5.51. The molecule has 258 valence electrons. The zero-order chi connectivity index (χ0) is 36.3. The number of anilines is 3. The Kier molecular flexibility index (Phi) is 7.61. The van der Waals surface area contributed by atoms with Crippen molar-refractivity contribution in [3.8, 4) is 33.4 Å². The van der Waals surface area contributed by atoms with Crippen LogP contribution in [0.15, 0.2) is 200 Å². The third-order valence-electron chi connectivity index (χ3n) is 10.9. The highest BCUT2D eigenvalue weighted by molar-refractivity contribution is 7.26. The van der Waals surface area contributed by atoms with E-state index in [1.54, 1.807) is 0 Å². The number of fused-ring (bicyclic) bond motifs is 7. The van der Waals surface area contributed by atoms with E-state index < -0.39 is 0 Å². The van der Waals surface area contributed by atoms with Crippen molar-refractivity contribution in [2.75, 3.05) is 4.90 Å². The van der Waals surface area contributed by atoms with Crippen molar-refractivity contribution in [1.82, 2.24) is 0 Å². The number of benzene rings is 9. The van der Waals surface area contributed by atoms with Crippen LogP contribution in [0.1, 0.15) is 0 Å². The number of thiophene rings is 2. The van der Waals surface area contributed by atoms with Gasteiger partial charge in [-0.3, -0.25) is 0 Å². The zero-order valence-corrected chi connectivity index (χ0v) is 31.4. The standard InChI is InChI=1S/C52H33NS2/c1-2-14-42-36(10-1)11-8-17-43(42)39-13-7-12-37(32-39)34-22-27-40(28-23-34)53(48-19-9-18-47-45-16-4-6-21-50(45)55-52(47)48)41-29-24-35(25-30-41)38-26-31-46-44-15-3-5-20-49(44)54-51(46)33-38/h1-33H. The van der Waals surface area contributed by atoms with Crippen molar-refractivity contribution < 1.29 is 0 Å². The summed E-state index contributed by atoms with van der Waals surface area (Å²) in [5.74, 6) is 0. The van der Waals surface area contributed by atoms with Gasteiger partial charge in [0.25, 0.3) is 0 Å². The summed E-state index contributed by atoms with van der Waals surface area (Å²) in [6.45, 7) is 0. The van der Waals surface area contributed by atoms with Gasteiger partial charge in [-0.25, -0.2) is 0 Å². The summed E-state index contributed by atoms with van der Waals surface area (Å²) >= 11 is 3.74. The van der Waals surface area contributed by atoms with Crippen LogP contribution < -0.4 is 4.90 Å². The summed E-state index contributed by atoms with van der Waals surface area (Å²) in [5.41, 5.74) is 10.8. The molecule has 2 aromatic heterocycles. The summed E-state index contributed by atoms with van der Waals surface area (Å²) in [4.78, 5) is 2.42. The molecule has 2 heterocycles. The molecule has 0 aliphatic rings. The molecule has 0 fully saturated rings. The lowest BCUT2D eigenvalue weighted by molar-refractivity contribution is 1.30. The molecule has 11 aromatic rings. The maximum atomic E-state index is 2.42. The Labute approximate surface area is 327 Å². The van der Waals surface area contributed by atoms with Crippen LogP contribution in [0.25, 0.3) is 84.5 Å². The second-order valence-electron chi connectivity index (χ2n) is 14.1. The van der Waals surface area contributed by atoms with Crippen LogP contribution in [0.5, 0.6) is 0 Å². The fraction of sp³-hybridized carbons (Fsp3) is 0. The lowest BCUT2D eigenvalue weighted by atomic mass is 9.95. The summed E-state index contributed by atoms with van der Waals surface area (Å²) in [5, 5.41) is 7.78. The molecule has 0 unspecified atom stereocenters. The predicted molar refractivity (Wildman–Crippen MR) is 241 cm³/mol. The molecule has 11 rings (SSSR count). The Bertz CT molecular complexity index is 3200. The van der Waals surface area contributed by atoms with Crippen LogP contribution in [-0.4, -0.2) is 0 Å². The van der Waals surface area contributed by atoms with Gasteiger partial charge in [-0.05, 0) is 98.8 Å². The minimum absolute atomic E-state index is 1.12. The SMILES string of the molecule is c1cc(-c2ccc(N(c3ccc(-c4ccc5c(c4)sc4ccccc45)cc3)c3cccc4c3sc3ccccc34)cc2)cc(-c2cccc3ccccc23)c1. The molecule has 1 nitrogen and oxygen atoms in total. The van der Waals surface area contributed by atoms with Crippen molar-refractivity contribution in [3.63, 3.8) is 0 Å². The van der Waals surface area contributed by atoms with Gasteiger partial charge in [0.2, 0.25) is 0 Å². The normalized spacial score (nSPS) is 11.6. The molecular formula is C52H33NS2. The first-order valence-electron chi connectivity index (χ1n) is 18.7. The molecule has 3 heteroatoms. The lowest BCUT2D eigenvalue weighted by Gasteiger charge is -2.26. The van der Waals surface area contributed by atoms with Crippen LogP contribution >= 0.6 is 22.7 Å². The Balaban J connectivity index is 0.999. The van der Waals surface area contributed by atoms with Gasteiger partial charge < -0.3 is 4.90 Å². The van der Waals surface area contributed by atoms with Gasteiger partial charge in [-0.2, -0.15) is 0 Å². The third-order valence-corrected chi connectivity index (χ3v) is 13.2. The van der Waals surface area contributed by atoms with Crippen LogP contribution in [0.2, 0.25) is 0 Å². The molecule has 9 aromatic carbocycles. The predicted octanol–water partition coefficient (Wildman–Crippen LogP) is 16.0. The quantitative estimate of drug-likeness (QED) is 0.164. The Morgan fingerprint density at radius 1 is 0.309 bits per heavy atom. The first-order chi connectivity index (χ1) is 27.2. The Morgan fingerprint density at radius 3 is 1.60 bits per heavy atom. The van der Waals surface area contributed by atoms with Crippen molar-refractivity contribution in [1.29, 1.82) is 0 Å². The lowest BCUT2D eigenvalue weighted by Crippen LogP contribution is -2.10. The van der Waals surface area contributed by atoms with Crippen LogP contribution in [0.3, 0.4) is 0 Å².